The number of rotatable bonds is 0. The van der Waals surface area contributed by atoms with Crippen molar-refractivity contribution in [2.75, 3.05) is 0 Å². The smallest absolute Gasteiger partial charge is 0.115 e. The topological polar surface area (TPSA) is 20.2 Å². The van der Waals surface area contributed by atoms with Crippen molar-refractivity contribution in [1.29, 1.82) is 0 Å². The van der Waals surface area contributed by atoms with Crippen molar-refractivity contribution >= 4 is 0 Å². The summed E-state index contributed by atoms with van der Waals surface area (Å²) in [4.78, 5) is 0. The van der Waals surface area contributed by atoms with Crippen LogP contribution in [0, 0.1) is 17.3 Å². The summed E-state index contributed by atoms with van der Waals surface area (Å²) in [6.45, 7) is 6.21. The monoisotopic (exact) mass is 174 g/mol. The van der Waals surface area contributed by atoms with Gasteiger partial charge in [0, 0.05) is 11.0 Å². The van der Waals surface area contributed by atoms with Crippen molar-refractivity contribution in [3.63, 3.8) is 0 Å². The summed E-state index contributed by atoms with van der Waals surface area (Å²) in [5.74, 6) is 6.46. The van der Waals surface area contributed by atoms with E-state index in [1.807, 2.05) is 12.1 Å². The van der Waals surface area contributed by atoms with Gasteiger partial charge >= 0.3 is 0 Å². The fourth-order valence-electron chi connectivity index (χ4n) is 0.804. The normalized spacial score (nSPS) is 10.4. The molecule has 1 aromatic carbocycles. The fraction of sp³-hybridized carbons (Fsp3) is 0.333. The van der Waals surface area contributed by atoms with Gasteiger partial charge in [-0.3, -0.25) is 0 Å². The number of phenolic OH excluding ortho intramolecular Hbond substituents is 1. The highest BCUT2D eigenvalue weighted by molar-refractivity contribution is 5.38. The van der Waals surface area contributed by atoms with Crippen LogP contribution < -0.4 is 0 Å². The lowest BCUT2D eigenvalue weighted by Gasteiger charge is -2.06. The maximum atomic E-state index is 9.04. The van der Waals surface area contributed by atoms with E-state index in [0.717, 1.165) is 5.56 Å². The second-order valence-corrected chi connectivity index (χ2v) is 4.05. The summed E-state index contributed by atoms with van der Waals surface area (Å²) in [6, 6.07) is 6.92. The number of hydrogen-bond acceptors (Lipinski definition) is 1. The van der Waals surface area contributed by atoms with E-state index in [9.17, 15) is 0 Å². The highest BCUT2D eigenvalue weighted by Crippen LogP contribution is 2.12. The molecule has 1 rings (SSSR count). The molecule has 1 heteroatoms. The Bertz CT molecular complexity index is 330. The Kier molecular flexibility index (Phi) is 2.63. The fourth-order valence-corrected chi connectivity index (χ4v) is 0.804. The number of benzene rings is 1. The Morgan fingerprint density at radius 1 is 1.08 bits per heavy atom. The predicted molar refractivity (Wildman–Crippen MR) is 54.4 cm³/mol. The summed E-state index contributed by atoms with van der Waals surface area (Å²) < 4.78 is 0. The third kappa shape index (κ3) is 3.66. The van der Waals surface area contributed by atoms with Crippen LogP contribution in [0.4, 0.5) is 0 Å². The van der Waals surface area contributed by atoms with E-state index >= 15 is 0 Å². The Labute approximate surface area is 79.4 Å². The number of phenols is 1. The lowest BCUT2D eigenvalue weighted by Crippen LogP contribution is -1.99. The molecule has 1 nitrogen and oxygen atoms in total. The van der Waals surface area contributed by atoms with Gasteiger partial charge in [-0.1, -0.05) is 11.8 Å². The maximum Gasteiger partial charge on any atom is 0.115 e. The average Bonchev–Trinajstić information content (AvgIpc) is 2.02. The van der Waals surface area contributed by atoms with E-state index in [2.05, 4.69) is 32.6 Å². The standard InChI is InChI=1S/C12H14O/c1-12(2,3)9-8-10-4-6-11(13)7-5-10/h4-7,13H,1-3H3. The van der Waals surface area contributed by atoms with Crippen LogP contribution in [-0.4, -0.2) is 5.11 Å². The quantitative estimate of drug-likeness (QED) is 0.600. The molecular weight excluding hydrogens is 160 g/mol. The van der Waals surface area contributed by atoms with Crippen LogP contribution in [0.1, 0.15) is 26.3 Å². The van der Waals surface area contributed by atoms with Gasteiger partial charge in [0.1, 0.15) is 5.75 Å². The molecule has 0 radical (unpaired) electrons. The summed E-state index contributed by atoms with van der Waals surface area (Å²) in [5.41, 5.74) is 0.963. The molecule has 0 saturated heterocycles. The lowest BCUT2D eigenvalue weighted by molar-refractivity contribution is 0.475. The Morgan fingerprint density at radius 2 is 1.62 bits per heavy atom. The molecule has 0 aromatic heterocycles. The van der Waals surface area contributed by atoms with Crippen molar-refractivity contribution in [3.05, 3.63) is 29.8 Å². The first kappa shape index (κ1) is 9.67. The van der Waals surface area contributed by atoms with Crippen molar-refractivity contribution in [2.24, 2.45) is 5.41 Å². The largest absolute Gasteiger partial charge is 0.508 e. The van der Waals surface area contributed by atoms with E-state index < -0.39 is 0 Å². The second kappa shape index (κ2) is 3.53. The molecule has 1 N–H and O–H groups in total. The molecule has 0 atom stereocenters. The van der Waals surface area contributed by atoms with E-state index in [4.69, 9.17) is 5.11 Å². The third-order valence-corrected chi connectivity index (χ3v) is 1.45. The van der Waals surface area contributed by atoms with E-state index in [0.29, 0.717) is 0 Å². The summed E-state index contributed by atoms with van der Waals surface area (Å²) in [5, 5.41) is 9.04. The summed E-state index contributed by atoms with van der Waals surface area (Å²) in [7, 11) is 0. The maximum absolute atomic E-state index is 9.04. The van der Waals surface area contributed by atoms with Gasteiger partial charge in [-0.2, -0.15) is 0 Å². The summed E-state index contributed by atoms with van der Waals surface area (Å²) >= 11 is 0. The summed E-state index contributed by atoms with van der Waals surface area (Å²) in [6.07, 6.45) is 0. The van der Waals surface area contributed by atoms with Crippen LogP contribution in [0.25, 0.3) is 0 Å². The number of hydrogen-bond donors (Lipinski definition) is 1. The van der Waals surface area contributed by atoms with Gasteiger partial charge in [0.2, 0.25) is 0 Å². The minimum absolute atomic E-state index is 0.0257. The molecule has 0 aliphatic rings. The average molecular weight is 174 g/mol. The minimum Gasteiger partial charge on any atom is -0.508 e. The van der Waals surface area contributed by atoms with E-state index in [-0.39, 0.29) is 11.2 Å². The van der Waals surface area contributed by atoms with Crippen LogP contribution in [0.3, 0.4) is 0 Å². The van der Waals surface area contributed by atoms with Gasteiger partial charge in [0.05, 0.1) is 0 Å². The zero-order chi connectivity index (χ0) is 9.90. The minimum atomic E-state index is 0.0257. The molecule has 13 heavy (non-hydrogen) atoms. The van der Waals surface area contributed by atoms with Crippen LogP contribution in [0.5, 0.6) is 5.75 Å². The van der Waals surface area contributed by atoms with Crippen LogP contribution >= 0.6 is 0 Å². The van der Waals surface area contributed by atoms with Crippen molar-refractivity contribution in [1.82, 2.24) is 0 Å². The molecule has 0 aliphatic heterocycles. The Balaban J connectivity index is 2.85. The predicted octanol–water partition coefficient (Wildman–Crippen LogP) is 2.79. The molecule has 0 heterocycles. The third-order valence-electron chi connectivity index (χ3n) is 1.45. The molecule has 0 spiro atoms. The lowest BCUT2D eigenvalue weighted by atomic mass is 9.97. The van der Waals surface area contributed by atoms with Crippen molar-refractivity contribution in [2.45, 2.75) is 20.8 Å². The SMILES string of the molecule is CC(C)(C)C#Cc1ccc(O)cc1. The van der Waals surface area contributed by atoms with Gasteiger partial charge in [0.15, 0.2) is 0 Å². The molecule has 0 amide bonds. The first-order chi connectivity index (χ1) is 5.97. The molecule has 0 unspecified atom stereocenters. The van der Waals surface area contributed by atoms with Gasteiger partial charge < -0.3 is 5.11 Å². The molecule has 0 bridgehead atoms. The molecule has 0 aliphatic carbocycles. The highest BCUT2D eigenvalue weighted by atomic mass is 16.3. The molecule has 1 aromatic rings. The van der Waals surface area contributed by atoms with Gasteiger partial charge in [0.25, 0.3) is 0 Å². The van der Waals surface area contributed by atoms with Crippen LogP contribution in [0.15, 0.2) is 24.3 Å². The van der Waals surface area contributed by atoms with E-state index in [1.165, 1.54) is 0 Å². The second-order valence-electron chi connectivity index (χ2n) is 4.05. The van der Waals surface area contributed by atoms with Gasteiger partial charge in [-0.15, -0.1) is 0 Å². The van der Waals surface area contributed by atoms with Crippen LogP contribution in [0.2, 0.25) is 0 Å². The van der Waals surface area contributed by atoms with Gasteiger partial charge in [-0.05, 0) is 45.0 Å². The first-order valence-electron chi connectivity index (χ1n) is 4.29. The van der Waals surface area contributed by atoms with Crippen LogP contribution in [-0.2, 0) is 0 Å². The molecule has 0 fully saturated rings. The highest BCUT2D eigenvalue weighted by Gasteiger charge is 2.02. The van der Waals surface area contributed by atoms with Crippen molar-refractivity contribution in [3.8, 4) is 17.6 Å². The van der Waals surface area contributed by atoms with E-state index in [1.54, 1.807) is 12.1 Å². The van der Waals surface area contributed by atoms with Crippen molar-refractivity contribution < 1.29 is 5.11 Å². The first-order valence-corrected chi connectivity index (χ1v) is 4.29. The number of aromatic hydroxyl groups is 1. The Hall–Kier alpha value is -1.42. The molecule has 0 saturated carbocycles. The molecule has 68 valence electrons. The zero-order valence-corrected chi connectivity index (χ0v) is 8.26. The van der Waals surface area contributed by atoms with Gasteiger partial charge in [-0.25, -0.2) is 0 Å². The zero-order valence-electron chi connectivity index (χ0n) is 8.26. The Morgan fingerprint density at radius 3 is 2.08 bits per heavy atom. The molecular formula is C12H14O.